The number of hydrogen-bond donors (Lipinski definition) is 2. The van der Waals surface area contributed by atoms with Crippen LogP contribution in [0.15, 0.2) is 54.6 Å². The van der Waals surface area contributed by atoms with E-state index in [0.29, 0.717) is 17.9 Å². The first-order valence-electron chi connectivity index (χ1n) is 7.41. The van der Waals surface area contributed by atoms with E-state index < -0.39 is 18.2 Å². The summed E-state index contributed by atoms with van der Waals surface area (Å²) >= 11 is 0. The molecule has 0 amide bonds. The molecule has 0 aliphatic heterocycles. The van der Waals surface area contributed by atoms with Crippen LogP contribution in [0, 0.1) is 0 Å². The lowest BCUT2D eigenvalue weighted by Gasteiger charge is -2.19. The van der Waals surface area contributed by atoms with Crippen molar-refractivity contribution < 1.29 is 24.5 Å². The lowest BCUT2D eigenvalue weighted by atomic mass is 10.0. The van der Waals surface area contributed by atoms with E-state index in [0.717, 1.165) is 5.56 Å². The normalized spacial score (nSPS) is 13.3. The number of aliphatic carboxylic acids is 1. The molecule has 2 rings (SSSR count). The molecule has 0 radical (unpaired) electrons. The van der Waals surface area contributed by atoms with Crippen LogP contribution < -0.4 is 4.74 Å². The number of aliphatic hydroxyl groups is 1. The monoisotopic (exact) mass is 316 g/mol. The van der Waals surface area contributed by atoms with Crippen molar-refractivity contribution >= 4 is 5.97 Å². The molecular formula is C18H20O5. The summed E-state index contributed by atoms with van der Waals surface area (Å²) in [4.78, 5) is 11.1. The van der Waals surface area contributed by atoms with Gasteiger partial charge in [-0.3, -0.25) is 0 Å². The highest BCUT2D eigenvalue weighted by Gasteiger charge is 2.28. The molecule has 0 aliphatic rings. The van der Waals surface area contributed by atoms with Gasteiger partial charge >= 0.3 is 5.97 Å². The topological polar surface area (TPSA) is 76.0 Å². The lowest BCUT2D eigenvalue weighted by Crippen LogP contribution is -2.31. The maximum absolute atomic E-state index is 11.1. The fourth-order valence-corrected chi connectivity index (χ4v) is 2.15. The highest BCUT2D eigenvalue weighted by molar-refractivity contribution is 5.73. The minimum absolute atomic E-state index is 0.215. The maximum Gasteiger partial charge on any atom is 0.335 e. The summed E-state index contributed by atoms with van der Waals surface area (Å²) in [6.07, 6.45) is -2.51. The van der Waals surface area contributed by atoms with Gasteiger partial charge in [-0.2, -0.15) is 0 Å². The molecule has 2 aromatic carbocycles. The molecule has 0 saturated carbocycles. The van der Waals surface area contributed by atoms with E-state index in [-0.39, 0.29) is 6.61 Å². The van der Waals surface area contributed by atoms with Gasteiger partial charge in [0.1, 0.15) is 18.5 Å². The smallest absolute Gasteiger partial charge is 0.335 e. The summed E-state index contributed by atoms with van der Waals surface area (Å²) in [5, 5.41) is 19.2. The predicted molar refractivity (Wildman–Crippen MR) is 85.2 cm³/mol. The van der Waals surface area contributed by atoms with Crippen LogP contribution in [0.2, 0.25) is 0 Å². The van der Waals surface area contributed by atoms with E-state index in [1.165, 1.54) is 0 Å². The molecule has 0 fully saturated rings. The Labute approximate surface area is 135 Å². The van der Waals surface area contributed by atoms with Gasteiger partial charge in [-0.15, -0.1) is 0 Å². The van der Waals surface area contributed by atoms with Gasteiger partial charge in [0.05, 0.1) is 0 Å². The third kappa shape index (κ3) is 4.81. The minimum Gasteiger partial charge on any atom is -0.489 e. The largest absolute Gasteiger partial charge is 0.489 e. The predicted octanol–water partition coefficient (Wildman–Crippen LogP) is 2.79. The summed E-state index contributed by atoms with van der Waals surface area (Å²) in [5.41, 5.74) is 1.52. The van der Waals surface area contributed by atoms with Crippen molar-refractivity contribution in [1.29, 1.82) is 0 Å². The number of hydrogen-bond acceptors (Lipinski definition) is 4. The molecule has 0 spiro atoms. The molecule has 0 bridgehead atoms. The fourth-order valence-electron chi connectivity index (χ4n) is 2.15. The molecule has 0 saturated heterocycles. The second-order valence-corrected chi connectivity index (χ2v) is 5.00. The van der Waals surface area contributed by atoms with E-state index in [9.17, 15) is 9.90 Å². The van der Waals surface area contributed by atoms with E-state index in [4.69, 9.17) is 14.6 Å². The summed E-state index contributed by atoms with van der Waals surface area (Å²) in [6.45, 7) is 2.34. The number of carboxylic acids is 1. The van der Waals surface area contributed by atoms with Crippen molar-refractivity contribution in [3.05, 3.63) is 65.7 Å². The van der Waals surface area contributed by atoms with Crippen LogP contribution in [-0.2, 0) is 16.1 Å². The molecule has 2 N–H and O–H groups in total. The molecule has 23 heavy (non-hydrogen) atoms. The quantitative estimate of drug-likeness (QED) is 0.783. The Kier molecular flexibility index (Phi) is 6.14. The number of carbonyl (C=O) groups is 1. The summed E-state index contributed by atoms with van der Waals surface area (Å²) in [6, 6.07) is 16.4. The number of aliphatic hydroxyl groups excluding tert-OH is 1. The Morgan fingerprint density at radius 1 is 1.09 bits per heavy atom. The molecule has 2 aromatic rings. The van der Waals surface area contributed by atoms with E-state index in [2.05, 4.69) is 0 Å². The Bertz CT molecular complexity index is 609. The second-order valence-electron chi connectivity index (χ2n) is 5.00. The van der Waals surface area contributed by atoms with Crippen molar-refractivity contribution in [2.75, 3.05) is 6.61 Å². The van der Waals surface area contributed by atoms with Crippen LogP contribution in [-0.4, -0.2) is 28.9 Å². The number of rotatable bonds is 8. The third-order valence-corrected chi connectivity index (χ3v) is 3.35. The number of ether oxygens (including phenoxy) is 2. The first-order valence-corrected chi connectivity index (χ1v) is 7.41. The van der Waals surface area contributed by atoms with Crippen LogP contribution in [0.5, 0.6) is 5.75 Å². The molecule has 0 aliphatic carbocycles. The van der Waals surface area contributed by atoms with Crippen molar-refractivity contribution in [3.63, 3.8) is 0 Å². The van der Waals surface area contributed by atoms with Crippen molar-refractivity contribution in [1.82, 2.24) is 0 Å². The molecular weight excluding hydrogens is 296 g/mol. The summed E-state index contributed by atoms with van der Waals surface area (Å²) in [7, 11) is 0. The summed E-state index contributed by atoms with van der Waals surface area (Å²) < 4.78 is 10.7. The van der Waals surface area contributed by atoms with Crippen LogP contribution in [0.3, 0.4) is 0 Å². The molecule has 0 heterocycles. The molecule has 5 heteroatoms. The van der Waals surface area contributed by atoms with Gasteiger partial charge in [0, 0.05) is 6.61 Å². The SMILES string of the molecule is CCOC(C(=O)O)C(O)c1ccc(OCc2ccccc2)cc1. The van der Waals surface area contributed by atoms with Crippen LogP contribution in [0.25, 0.3) is 0 Å². The molecule has 5 nitrogen and oxygen atoms in total. The fraction of sp³-hybridized carbons (Fsp3) is 0.278. The van der Waals surface area contributed by atoms with E-state index in [1.807, 2.05) is 30.3 Å². The molecule has 2 unspecified atom stereocenters. The molecule has 122 valence electrons. The highest BCUT2D eigenvalue weighted by Crippen LogP contribution is 2.23. The van der Waals surface area contributed by atoms with Crippen molar-refractivity contribution in [2.45, 2.75) is 25.7 Å². The number of carboxylic acid groups (broad SMARTS) is 1. The van der Waals surface area contributed by atoms with Gasteiger partial charge in [0.15, 0.2) is 6.10 Å². The van der Waals surface area contributed by atoms with Gasteiger partial charge in [-0.1, -0.05) is 42.5 Å². The molecule has 2 atom stereocenters. The van der Waals surface area contributed by atoms with E-state index >= 15 is 0 Å². The van der Waals surface area contributed by atoms with Crippen LogP contribution in [0.4, 0.5) is 0 Å². The van der Waals surface area contributed by atoms with Crippen LogP contribution in [0.1, 0.15) is 24.2 Å². The van der Waals surface area contributed by atoms with E-state index in [1.54, 1.807) is 31.2 Å². The maximum atomic E-state index is 11.1. The second kappa shape index (κ2) is 8.31. The Morgan fingerprint density at radius 2 is 1.74 bits per heavy atom. The zero-order valence-electron chi connectivity index (χ0n) is 12.9. The minimum atomic E-state index is -1.28. The zero-order chi connectivity index (χ0) is 16.7. The van der Waals surface area contributed by atoms with Gasteiger partial charge in [0.25, 0.3) is 0 Å². The Hall–Kier alpha value is -2.37. The Morgan fingerprint density at radius 3 is 2.30 bits per heavy atom. The summed E-state index contributed by atoms with van der Waals surface area (Å²) in [5.74, 6) is -0.545. The van der Waals surface area contributed by atoms with Gasteiger partial charge in [-0.05, 0) is 30.2 Å². The molecule has 0 aromatic heterocycles. The van der Waals surface area contributed by atoms with Crippen molar-refractivity contribution in [3.8, 4) is 5.75 Å². The van der Waals surface area contributed by atoms with Gasteiger partial charge in [0.2, 0.25) is 0 Å². The van der Waals surface area contributed by atoms with Crippen molar-refractivity contribution in [2.24, 2.45) is 0 Å². The van der Waals surface area contributed by atoms with Crippen LogP contribution >= 0.6 is 0 Å². The zero-order valence-corrected chi connectivity index (χ0v) is 12.9. The first-order chi connectivity index (χ1) is 11.1. The Balaban J connectivity index is 1.99. The third-order valence-electron chi connectivity index (χ3n) is 3.35. The van der Waals surface area contributed by atoms with Gasteiger partial charge < -0.3 is 19.7 Å². The number of benzene rings is 2. The van der Waals surface area contributed by atoms with Gasteiger partial charge in [-0.25, -0.2) is 4.79 Å². The average Bonchev–Trinajstić information content (AvgIpc) is 2.58. The highest BCUT2D eigenvalue weighted by atomic mass is 16.5. The first kappa shape index (κ1) is 17.0. The lowest BCUT2D eigenvalue weighted by molar-refractivity contribution is -0.158. The average molecular weight is 316 g/mol. The standard InChI is InChI=1S/C18H20O5/c1-2-22-17(18(20)21)16(19)14-8-10-15(11-9-14)23-12-13-6-4-3-5-7-13/h3-11,16-17,19H,2,12H2,1H3,(H,20,21).